The summed E-state index contributed by atoms with van der Waals surface area (Å²) in [5.74, 6) is 0.361. The molecule has 9 heteroatoms. The zero-order chi connectivity index (χ0) is 26.3. The van der Waals surface area contributed by atoms with Crippen LogP contribution >= 0.6 is 0 Å². The number of rotatable bonds is 4. The highest BCUT2D eigenvalue weighted by Crippen LogP contribution is 2.57. The highest BCUT2D eigenvalue weighted by Gasteiger charge is 2.58. The monoisotopic (exact) mass is 515 g/mol. The minimum atomic E-state index is -4.59. The Morgan fingerprint density at radius 3 is 2.32 bits per heavy atom. The van der Waals surface area contributed by atoms with Crippen molar-refractivity contribution in [3.05, 3.63) is 84.2 Å². The van der Waals surface area contributed by atoms with E-state index in [1.54, 1.807) is 0 Å². The molecule has 3 heterocycles. The number of halogens is 3. The summed E-state index contributed by atoms with van der Waals surface area (Å²) in [7, 11) is 0. The molecule has 38 heavy (non-hydrogen) atoms. The maximum atomic E-state index is 13.4. The van der Waals surface area contributed by atoms with Crippen LogP contribution in [0.3, 0.4) is 0 Å². The van der Waals surface area contributed by atoms with E-state index in [1.807, 2.05) is 60.7 Å². The van der Waals surface area contributed by atoms with E-state index in [0.29, 0.717) is 29.8 Å². The van der Waals surface area contributed by atoms with Gasteiger partial charge < -0.3 is 10.8 Å². The molecule has 3 N–H and O–H groups in total. The fourth-order valence-corrected chi connectivity index (χ4v) is 5.85. The molecule has 0 unspecified atom stereocenters. The minimum Gasteiger partial charge on any atom is -0.389 e. The fraction of sp³-hybridized carbons (Fsp3) is 0.276. The highest BCUT2D eigenvalue weighted by atomic mass is 19.4. The zero-order valence-corrected chi connectivity index (χ0v) is 20.3. The van der Waals surface area contributed by atoms with Crippen molar-refractivity contribution in [2.24, 2.45) is 11.7 Å². The second-order valence-corrected chi connectivity index (χ2v) is 10.7. The van der Waals surface area contributed by atoms with E-state index in [9.17, 15) is 18.3 Å². The Balaban J connectivity index is 1.35. The van der Waals surface area contributed by atoms with Crippen molar-refractivity contribution >= 4 is 16.7 Å². The van der Waals surface area contributed by atoms with Gasteiger partial charge in [-0.25, -0.2) is 9.97 Å². The first-order valence-corrected chi connectivity index (χ1v) is 12.6. The highest BCUT2D eigenvalue weighted by molar-refractivity contribution is 5.90. The van der Waals surface area contributed by atoms with Gasteiger partial charge in [0.15, 0.2) is 17.0 Å². The molecule has 2 aliphatic rings. The first-order chi connectivity index (χ1) is 18.1. The van der Waals surface area contributed by atoms with Crippen LogP contribution in [0.5, 0.6) is 0 Å². The smallest absolute Gasteiger partial charge is 0.389 e. The van der Waals surface area contributed by atoms with E-state index >= 15 is 0 Å². The molecule has 6 nitrogen and oxygen atoms in total. The van der Waals surface area contributed by atoms with Crippen molar-refractivity contribution in [3.63, 3.8) is 0 Å². The van der Waals surface area contributed by atoms with Gasteiger partial charge in [0.25, 0.3) is 0 Å². The van der Waals surface area contributed by atoms with E-state index in [4.69, 9.17) is 10.7 Å². The number of benzene rings is 2. The molecule has 0 amide bonds. The molecular weight excluding hydrogens is 491 g/mol. The summed E-state index contributed by atoms with van der Waals surface area (Å²) < 4.78 is 41.3. The molecule has 2 aliphatic carbocycles. The van der Waals surface area contributed by atoms with Crippen molar-refractivity contribution in [1.82, 2.24) is 19.6 Å². The molecule has 0 atom stereocenters. The first kappa shape index (κ1) is 23.3. The Kier molecular flexibility index (Phi) is 4.81. The summed E-state index contributed by atoms with van der Waals surface area (Å²) in [4.78, 5) is 9.04. The van der Waals surface area contributed by atoms with E-state index in [2.05, 4.69) is 10.1 Å². The molecule has 0 bridgehead atoms. The van der Waals surface area contributed by atoms with Crippen LogP contribution in [0.15, 0.2) is 72.9 Å². The topological polar surface area (TPSA) is 89.3 Å². The van der Waals surface area contributed by atoms with Crippen molar-refractivity contribution < 1.29 is 18.3 Å². The van der Waals surface area contributed by atoms with Gasteiger partial charge in [-0.2, -0.15) is 22.8 Å². The number of aromatic nitrogens is 4. The average Bonchev–Trinajstić information content (AvgIpc) is 3.65. The van der Waals surface area contributed by atoms with E-state index in [-0.39, 0.29) is 11.3 Å². The van der Waals surface area contributed by atoms with Crippen LogP contribution in [0.4, 0.5) is 13.2 Å². The Hall–Kier alpha value is -3.82. The average molecular weight is 516 g/mol. The summed E-state index contributed by atoms with van der Waals surface area (Å²) >= 11 is 0. The molecule has 0 aliphatic heterocycles. The van der Waals surface area contributed by atoms with Gasteiger partial charge in [-0.3, -0.25) is 0 Å². The van der Waals surface area contributed by atoms with Crippen LogP contribution in [-0.4, -0.2) is 30.3 Å². The second kappa shape index (κ2) is 7.85. The van der Waals surface area contributed by atoms with Crippen LogP contribution in [0, 0.1) is 5.92 Å². The van der Waals surface area contributed by atoms with Crippen LogP contribution in [0.25, 0.3) is 39.1 Å². The van der Waals surface area contributed by atoms with Gasteiger partial charge >= 0.3 is 6.18 Å². The number of nitrogens with zero attached hydrogens (tertiary/aromatic N) is 4. The van der Waals surface area contributed by atoms with Crippen LogP contribution in [0.2, 0.25) is 0 Å². The lowest BCUT2D eigenvalue weighted by Gasteiger charge is -2.52. The number of fused-ring (bicyclic) bond motifs is 3. The molecule has 2 aromatic carbocycles. The molecule has 192 valence electrons. The van der Waals surface area contributed by atoms with Crippen molar-refractivity contribution in [2.75, 3.05) is 0 Å². The molecule has 2 fully saturated rings. The molecule has 5 aromatic rings. The predicted octanol–water partition coefficient (Wildman–Crippen LogP) is 5.72. The lowest BCUT2D eigenvalue weighted by molar-refractivity contribution is -0.141. The maximum absolute atomic E-state index is 13.4. The van der Waals surface area contributed by atoms with E-state index in [0.717, 1.165) is 45.7 Å². The molecule has 3 aromatic heterocycles. The number of aliphatic hydroxyl groups is 1. The minimum absolute atomic E-state index is 0.0734. The summed E-state index contributed by atoms with van der Waals surface area (Å²) in [5, 5.41) is 15.2. The Morgan fingerprint density at radius 2 is 1.66 bits per heavy atom. The van der Waals surface area contributed by atoms with Gasteiger partial charge in [0.05, 0.1) is 11.3 Å². The molecule has 0 radical (unpaired) electrons. The lowest BCUT2D eigenvalue weighted by atomic mass is 9.60. The van der Waals surface area contributed by atoms with Crippen LogP contribution < -0.4 is 5.73 Å². The van der Waals surface area contributed by atoms with Crippen LogP contribution in [-0.2, 0) is 11.7 Å². The number of alkyl halides is 3. The van der Waals surface area contributed by atoms with Gasteiger partial charge in [-0.1, -0.05) is 54.6 Å². The summed E-state index contributed by atoms with van der Waals surface area (Å²) in [6.45, 7) is 0. The largest absolute Gasteiger partial charge is 0.435 e. The van der Waals surface area contributed by atoms with Crippen molar-refractivity contribution in [1.29, 1.82) is 0 Å². The third-order valence-electron chi connectivity index (χ3n) is 7.95. The summed E-state index contributed by atoms with van der Waals surface area (Å²) in [6, 6.07) is 20.3. The van der Waals surface area contributed by atoms with Gasteiger partial charge in [-0.15, -0.1) is 0 Å². The SMILES string of the molecule is NC1(c2ccc(-c3nc4c(cnc5cc(C(F)(F)F)nn54)cc3-c3ccccc3)cc2)CC(O)(C2CC2)C1. The number of nitrogens with two attached hydrogens (primary N) is 1. The summed E-state index contributed by atoms with van der Waals surface area (Å²) in [6.07, 6.45) is 0.136. The molecule has 0 spiro atoms. The van der Waals surface area contributed by atoms with Gasteiger partial charge in [0, 0.05) is 34.3 Å². The first-order valence-electron chi connectivity index (χ1n) is 12.6. The molecule has 0 saturated heterocycles. The third-order valence-corrected chi connectivity index (χ3v) is 7.95. The van der Waals surface area contributed by atoms with Crippen molar-refractivity contribution in [2.45, 2.75) is 43.0 Å². The fourth-order valence-electron chi connectivity index (χ4n) is 5.85. The Bertz CT molecular complexity index is 1690. The molecular formula is C29H24F3N5O. The van der Waals surface area contributed by atoms with Gasteiger partial charge in [0.1, 0.15) is 0 Å². The predicted molar refractivity (Wildman–Crippen MR) is 137 cm³/mol. The summed E-state index contributed by atoms with van der Waals surface area (Å²) in [5.41, 5.74) is 8.87. The number of hydrogen-bond donors (Lipinski definition) is 2. The van der Waals surface area contributed by atoms with E-state index < -0.39 is 23.0 Å². The maximum Gasteiger partial charge on any atom is 0.435 e. The quantitative estimate of drug-likeness (QED) is 0.320. The van der Waals surface area contributed by atoms with Gasteiger partial charge in [-0.05, 0) is 48.8 Å². The number of hydrogen-bond acceptors (Lipinski definition) is 5. The normalized spacial score (nSPS) is 23.6. The zero-order valence-electron chi connectivity index (χ0n) is 20.3. The Morgan fingerprint density at radius 1 is 0.947 bits per heavy atom. The Labute approximate surface area is 216 Å². The second-order valence-electron chi connectivity index (χ2n) is 10.7. The third kappa shape index (κ3) is 3.68. The molecule has 2 saturated carbocycles. The van der Waals surface area contributed by atoms with E-state index in [1.165, 1.54) is 6.20 Å². The lowest BCUT2D eigenvalue weighted by Crippen LogP contribution is -2.60. The molecule has 7 rings (SSSR count). The van der Waals surface area contributed by atoms with Gasteiger partial charge in [0.2, 0.25) is 0 Å². The number of pyridine rings is 1. The standard InChI is InChI=1S/C29H24F3N5O/c30-29(31,32)23-13-24-34-14-19-12-22(17-4-2-1-3-5-17)25(35-26(19)37(24)36-23)18-6-8-20(9-7-18)27(33)15-28(38,16-27)21-10-11-21/h1-9,12-14,21,38H,10-11,15-16,33H2. The van der Waals surface area contributed by atoms with Crippen molar-refractivity contribution in [3.8, 4) is 22.4 Å². The van der Waals surface area contributed by atoms with Crippen LogP contribution in [0.1, 0.15) is 36.9 Å².